The number of rotatable bonds is 1. The molecule has 2 atom stereocenters. The number of aryl methyl sites for hydroxylation is 1. The molecule has 2 aromatic heterocycles. The van der Waals surface area contributed by atoms with Gasteiger partial charge in [-0.2, -0.15) is 4.98 Å². The van der Waals surface area contributed by atoms with E-state index in [1.807, 2.05) is 31.2 Å². The lowest BCUT2D eigenvalue weighted by molar-refractivity contribution is 0.0956. The fraction of sp³-hybridized carbons (Fsp3) is 0.370. The van der Waals surface area contributed by atoms with Gasteiger partial charge in [0.05, 0.1) is 10.9 Å². The number of nitrogens with zero attached hydrogens (tertiary/aromatic N) is 5. The molecule has 3 aliphatic rings. The molecule has 7 rings (SSSR count). The SMILES string of the molecule is Cc1nnc2nc(N3CCCc4c(C#CC5(O)CC6CC6C5)cccc43)c3c(F)cccc3n12. The van der Waals surface area contributed by atoms with E-state index in [1.165, 1.54) is 12.5 Å². The van der Waals surface area contributed by atoms with Crippen LogP contribution < -0.4 is 4.90 Å². The van der Waals surface area contributed by atoms with Gasteiger partial charge in [-0.1, -0.05) is 24.0 Å². The van der Waals surface area contributed by atoms with Crippen molar-refractivity contribution in [3.63, 3.8) is 0 Å². The van der Waals surface area contributed by atoms with Crippen LogP contribution in [0.25, 0.3) is 16.7 Å². The summed E-state index contributed by atoms with van der Waals surface area (Å²) in [7, 11) is 0. The van der Waals surface area contributed by atoms with Crippen LogP contribution in [0.15, 0.2) is 36.4 Å². The van der Waals surface area contributed by atoms with Crippen LogP contribution in [0.4, 0.5) is 15.9 Å². The Morgan fingerprint density at radius 3 is 2.79 bits per heavy atom. The largest absolute Gasteiger partial charge is 0.378 e. The first-order valence-corrected chi connectivity index (χ1v) is 12.0. The van der Waals surface area contributed by atoms with E-state index in [-0.39, 0.29) is 5.82 Å². The highest BCUT2D eigenvalue weighted by molar-refractivity contribution is 5.94. The summed E-state index contributed by atoms with van der Waals surface area (Å²) in [5.41, 5.74) is 2.88. The molecule has 3 heterocycles. The number of aromatic nitrogens is 4. The van der Waals surface area contributed by atoms with Crippen molar-refractivity contribution in [2.75, 3.05) is 11.4 Å². The summed E-state index contributed by atoms with van der Waals surface area (Å²) >= 11 is 0. The standard InChI is InChI=1S/C27H24FN5O/c1-16-30-31-26-29-25(24-21(28)7-3-9-23(24)33(16)26)32-12-4-6-20-17(5-2-8-22(20)32)10-11-27(34)14-18-13-19(18)15-27/h2-3,5,7-9,18-19,34H,4,6,12-15H2,1H3. The fourth-order valence-electron chi connectivity index (χ4n) is 5.98. The van der Waals surface area contributed by atoms with Crippen LogP contribution in [0.2, 0.25) is 0 Å². The maximum Gasteiger partial charge on any atom is 0.257 e. The maximum absolute atomic E-state index is 15.2. The maximum atomic E-state index is 15.2. The molecule has 0 amide bonds. The average molecular weight is 454 g/mol. The van der Waals surface area contributed by atoms with Gasteiger partial charge in [0, 0.05) is 17.8 Å². The third kappa shape index (κ3) is 2.95. The molecular weight excluding hydrogens is 429 g/mol. The summed E-state index contributed by atoms with van der Waals surface area (Å²) in [6.45, 7) is 2.56. The summed E-state index contributed by atoms with van der Waals surface area (Å²) in [5.74, 6) is 9.17. The molecule has 0 spiro atoms. The molecule has 1 N–H and O–H groups in total. The normalized spacial score (nSPS) is 25.2. The van der Waals surface area contributed by atoms with Crippen LogP contribution in [0.5, 0.6) is 0 Å². The van der Waals surface area contributed by atoms with Gasteiger partial charge in [0.1, 0.15) is 23.1 Å². The molecule has 2 aliphatic carbocycles. The van der Waals surface area contributed by atoms with Gasteiger partial charge < -0.3 is 10.0 Å². The lowest BCUT2D eigenvalue weighted by Crippen LogP contribution is -2.27. The highest BCUT2D eigenvalue weighted by atomic mass is 19.1. The zero-order valence-electron chi connectivity index (χ0n) is 18.9. The third-order valence-corrected chi connectivity index (χ3v) is 7.67. The quantitative estimate of drug-likeness (QED) is 0.435. The Morgan fingerprint density at radius 1 is 1.12 bits per heavy atom. The molecule has 0 radical (unpaired) electrons. The predicted octanol–water partition coefficient (Wildman–Crippen LogP) is 4.32. The van der Waals surface area contributed by atoms with Gasteiger partial charge in [-0.15, -0.1) is 10.2 Å². The van der Waals surface area contributed by atoms with Gasteiger partial charge in [-0.25, -0.2) is 4.39 Å². The summed E-state index contributed by atoms with van der Waals surface area (Å²) < 4.78 is 17.0. The van der Waals surface area contributed by atoms with Crippen molar-refractivity contribution >= 4 is 28.2 Å². The van der Waals surface area contributed by atoms with Gasteiger partial charge in [0.2, 0.25) is 0 Å². The summed E-state index contributed by atoms with van der Waals surface area (Å²) in [5, 5.41) is 19.7. The third-order valence-electron chi connectivity index (χ3n) is 7.67. The van der Waals surface area contributed by atoms with E-state index in [4.69, 9.17) is 4.98 Å². The van der Waals surface area contributed by atoms with Gasteiger partial charge in [-0.05, 0) is 80.7 Å². The molecule has 6 nitrogen and oxygen atoms in total. The number of hydrogen-bond acceptors (Lipinski definition) is 5. The van der Waals surface area contributed by atoms with E-state index < -0.39 is 5.60 Å². The second kappa shape index (κ2) is 7.00. The number of benzene rings is 2. The lowest BCUT2D eigenvalue weighted by atomic mass is 9.94. The zero-order valence-corrected chi connectivity index (χ0v) is 18.9. The number of anilines is 2. The Bertz CT molecular complexity index is 1540. The van der Waals surface area contributed by atoms with E-state index in [0.29, 0.717) is 40.2 Å². The minimum Gasteiger partial charge on any atom is -0.378 e. The molecule has 7 heteroatoms. The fourth-order valence-corrected chi connectivity index (χ4v) is 5.98. The number of aliphatic hydroxyl groups is 1. The average Bonchev–Trinajstić information content (AvgIpc) is 3.28. The van der Waals surface area contributed by atoms with Crippen molar-refractivity contribution in [3.05, 3.63) is 59.2 Å². The van der Waals surface area contributed by atoms with Crippen molar-refractivity contribution in [2.24, 2.45) is 11.8 Å². The van der Waals surface area contributed by atoms with Crippen molar-refractivity contribution in [3.8, 4) is 11.8 Å². The van der Waals surface area contributed by atoms with Crippen LogP contribution in [0.1, 0.15) is 42.6 Å². The van der Waals surface area contributed by atoms with Crippen molar-refractivity contribution in [1.29, 1.82) is 0 Å². The second-order valence-electron chi connectivity index (χ2n) is 9.96. The molecule has 170 valence electrons. The Labute approximate surface area is 196 Å². The number of fused-ring (bicyclic) bond motifs is 5. The summed E-state index contributed by atoms with van der Waals surface area (Å²) in [6.07, 6.45) is 4.60. The first-order chi connectivity index (χ1) is 16.5. The van der Waals surface area contributed by atoms with Crippen molar-refractivity contribution in [2.45, 2.75) is 44.6 Å². The molecular formula is C27H24FN5O. The van der Waals surface area contributed by atoms with Crippen molar-refractivity contribution in [1.82, 2.24) is 19.6 Å². The van der Waals surface area contributed by atoms with E-state index >= 15 is 4.39 Å². The number of hydrogen-bond donors (Lipinski definition) is 1. The molecule has 2 fully saturated rings. The summed E-state index contributed by atoms with van der Waals surface area (Å²) in [4.78, 5) is 6.85. The minimum atomic E-state index is -0.859. The monoisotopic (exact) mass is 453 g/mol. The molecule has 2 aromatic carbocycles. The lowest BCUT2D eigenvalue weighted by Gasteiger charge is -2.32. The van der Waals surface area contributed by atoms with E-state index in [1.54, 1.807) is 10.5 Å². The highest BCUT2D eigenvalue weighted by Gasteiger charge is 2.52. The van der Waals surface area contributed by atoms with Crippen LogP contribution in [-0.2, 0) is 6.42 Å². The minimum absolute atomic E-state index is 0.319. The van der Waals surface area contributed by atoms with Crippen LogP contribution in [0, 0.1) is 36.4 Å². The molecule has 2 unspecified atom stereocenters. The van der Waals surface area contributed by atoms with Crippen molar-refractivity contribution < 1.29 is 9.50 Å². The molecule has 34 heavy (non-hydrogen) atoms. The van der Waals surface area contributed by atoms with E-state index in [0.717, 1.165) is 49.0 Å². The van der Waals surface area contributed by atoms with Gasteiger partial charge in [-0.3, -0.25) is 4.40 Å². The molecule has 1 aliphatic heterocycles. The van der Waals surface area contributed by atoms with Crippen LogP contribution in [0.3, 0.4) is 0 Å². The highest BCUT2D eigenvalue weighted by Crippen LogP contribution is 2.55. The Balaban J connectivity index is 1.37. The first-order valence-electron chi connectivity index (χ1n) is 12.0. The topological polar surface area (TPSA) is 66.5 Å². The Kier molecular flexibility index (Phi) is 4.10. The smallest absolute Gasteiger partial charge is 0.257 e. The summed E-state index contributed by atoms with van der Waals surface area (Å²) in [6, 6.07) is 11.1. The Hall–Kier alpha value is -3.50. The first kappa shape index (κ1) is 19.9. The van der Waals surface area contributed by atoms with Gasteiger partial charge >= 0.3 is 0 Å². The number of halogens is 1. The van der Waals surface area contributed by atoms with Gasteiger partial charge in [0.15, 0.2) is 0 Å². The molecule has 2 saturated carbocycles. The zero-order chi connectivity index (χ0) is 23.0. The van der Waals surface area contributed by atoms with Crippen LogP contribution in [-0.4, -0.2) is 36.8 Å². The molecule has 0 saturated heterocycles. The van der Waals surface area contributed by atoms with E-state index in [9.17, 15) is 5.11 Å². The van der Waals surface area contributed by atoms with Crippen LogP contribution >= 0.6 is 0 Å². The molecule has 4 aromatic rings. The molecule has 0 bridgehead atoms. The second-order valence-corrected chi connectivity index (χ2v) is 9.96. The van der Waals surface area contributed by atoms with E-state index in [2.05, 4.69) is 26.9 Å². The predicted molar refractivity (Wildman–Crippen MR) is 127 cm³/mol. The van der Waals surface area contributed by atoms with Gasteiger partial charge in [0.25, 0.3) is 5.78 Å². The Morgan fingerprint density at radius 2 is 1.94 bits per heavy atom.